The summed E-state index contributed by atoms with van der Waals surface area (Å²) in [7, 11) is 0. The number of fused-ring (bicyclic) bond motifs is 10. The molecule has 68 heavy (non-hydrogen) atoms. The summed E-state index contributed by atoms with van der Waals surface area (Å²) >= 11 is 0. The Bertz CT molecular complexity index is 4250. The zero-order valence-corrected chi connectivity index (χ0v) is 37.1. The second kappa shape index (κ2) is 14.3. The van der Waals surface area contributed by atoms with Gasteiger partial charge in [0.15, 0.2) is 0 Å². The third-order valence-electron chi connectivity index (χ3n) is 15.1. The van der Waals surface area contributed by atoms with Gasteiger partial charge in [-0.2, -0.15) is 0 Å². The topological polar surface area (TPSA) is 0 Å². The van der Waals surface area contributed by atoms with Gasteiger partial charge in [-0.15, -0.1) is 0 Å². The maximum atomic E-state index is 2.51. The van der Waals surface area contributed by atoms with Crippen LogP contribution in [0.1, 0.15) is 0 Å². The fraction of sp³-hybridized carbons (Fsp3) is 0. The third-order valence-corrected chi connectivity index (χ3v) is 15.1. The van der Waals surface area contributed by atoms with Gasteiger partial charge in [0.05, 0.1) is 0 Å². The quantitative estimate of drug-likeness (QED) is 0.119. The van der Waals surface area contributed by atoms with E-state index >= 15 is 0 Å². The van der Waals surface area contributed by atoms with Crippen molar-refractivity contribution in [1.82, 2.24) is 0 Å². The summed E-state index contributed by atoms with van der Waals surface area (Å²) in [6.45, 7) is 0. The first-order valence-electron chi connectivity index (χ1n) is 23.8. The molecule has 0 bridgehead atoms. The molecule has 0 aliphatic heterocycles. The van der Waals surface area contributed by atoms with Crippen LogP contribution in [0.3, 0.4) is 0 Å². The summed E-state index contributed by atoms with van der Waals surface area (Å²) < 4.78 is 0. The highest BCUT2D eigenvalue weighted by Gasteiger charge is 2.31. The minimum Gasteiger partial charge on any atom is -0.0622 e. The van der Waals surface area contributed by atoms with E-state index in [1.807, 2.05) is 0 Å². The van der Waals surface area contributed by atoms with E-state index in [1.54, 1.807) is 0 Å². The Morgan fingerprint density at radius 2 is 0.632 bits per heavy atom. The number of benzene rings is 13. The van der Waals surface area contributed by atoms with Crippen LogP contribution in [0.25, 0.3) is 154 Å². The van der Waals surface area contributed by atoms with Crippen molar-refractivity contribution in [1.29, 1.82) is 0 Å². The van der Waals surface area contributed by atoms with Crippen LogP contribution < -0.4 is 0 Å². The summed E-state index contributed by atoms with van der Waals surface area (Å²) in [4.78, 5) is 0. The average Bonchev–Trinajstić information content (AvgIpc) is 3.91. The van der Waals surface area contributed by atoms with E-state index in [-0.39, 0.29) is 0 Å². The Balaban J connectivity index is 1.000. The highest BCUT2D eigenvalue weighted by molar-refractivity contribution is 6.33. The average molecular weight is 857 g/mol. The minimum atomic E-state index is 1.21. The lowest BCUT2D eigenvalue weighted by Gasteiger charge is -2.21. The second-order valence-corrected chi connectivity index (χ2v) is 18.6. The van der Waals surface area contributed by atoms with Crippen LogP contribution in [0.5, 0.6) is 0 Å². The summed E-state index contributed by atoms with van der Waals surface area (Å²) in [5, 5.41) is 12.9. The highest BCUT2D eigenvalue weighted by atomic mass is 14.3. The van der Waals surface area contributed by atoms with Crippen LogP contribution >= 0.6 is 0 Å². The molecule has 13 aromatic carbocycles. The summed E-state index contributed by atoms with van der Waals surface area (Å²) in [5.74, 6) is 0. The normalized spacial score (nSPS) is 12.1. The van der Waals surface area contributed by atoms with Crippen LogP contribution in [0, 0.1) is 0 Å². The molecule has 0 saturated heterocycles. The Labute approximate surface area is 394 Å². The fourth-order valence-electron chi connectivity index (χ4n) is 12.4. The summed E-state index contributed by atoms with van der Waals surface area (Å²) in [6.07, 6.45) is 0. The van der Waals surface area contributed by atoms with Crippen molar-refractivity contribution in [2.75, 3.05) is 0 Å². The predicted molar refractivity (Wildman–Crippen MR) is 290 cm³/mol. The van der Waals surface area contributed by atoms with Crippen LogP contribution in [0.15, 0.2) is 243 Å². The van der Waals surface area contributed by atoms with Gasteiger partial charge in [-0.1, -0.05) is 224 Å². The van der Waals surface area contributed by atoms with Gasteiger partial charge in [0, 0.05) is 0 Å². The Morgan fingerprint density at radius 3 is 1.26 bits per heavy atom. The molecule has 0 unspecified atom stereocenters. The van der Waals surface area contributed by atoms with E-state index in [9.17, 15) is 0 Å². The molecule has 0 saturated carbocycles. The summed E-state index contributed by atoms with van der Waals surface area (Å²) in [6, 6.07) is 90.7. The Hall–Kier alpha value is -8.84. The molecule has 312 valence electrons. The van der Waals surface area contributed by atoms with E-state index in [4.69, 9.17) is 0 Å². The molecule has 13 aromatic rings. The van der Waals surface area contributed by atoms with Gasteiger partial charge < -0.3 is 0 Å². The highest BCUT2D eigenvalue weighted by Crippen LogP contribution is 2.59. The molecule has 0 radical (unpaired) electrons. The number of rotatable bonds is 5. The fourth-order valence-corrected chi connectivity index (χ4v) is 12.4. The molecule has 15 rings (SSSR count). The Morgan fingerprint density at radius 1 is 0.162 bits per heavy atom. The maximum Gasteiger partial charge on any atom is -0.000741 e. The smallest absolute Gasteiger partial charge is 0.000741 e. The van der Waals surface area contributed by atoms with Gasteiger partial charge in [-0.3, -0.25) is 0 Å². The van der Waals surface area contributed by atoms with Gasteiger partial charge in [0.1, 0.15) is 0 Å². The molecule has 0 fully saturated rings. The van der Waals surface area contributed by atoms with E-state index in [1.165, 1.54) is 154 Å². The monoisotopic (exact) mass is 856 g/mol. The van der Waals surface area contributed by atoms with Gasteiger partial charge in [-0.05, 0) is 172 Å². The van der Waals surface area contributed by atoms with Gasteiger partial charge >= 0.3 is 0 Å². The largest absolute Gasteiger partial charge is 0.0622 e. The van der Waals surface area contributed by atoms with E-state index in [2.05, 4.69) is 243 Å². The van der Waals surface area contributed by atoms with E-state index in [0.717, 1.165) is 0 Å². The molecule has 0 spiro atoms. The van der Waals surface area contributed by atoms with Crippen molar-refractivity contribution < 1.29 is 0 Å². The van der Waals surface area contributed by atoms with Crippen molar-refractivity contribution in [3.05, 3.63) is 243 Å². The van der Waals surface area contributed by atoms with Gasteiger partial charge in [-0.25, -0.2) is 0 Å². The molecule has 0 nitrogen and oxygen atoms in total. The van der Waals surface area contributed by atoms with Crippen molar-refractivity contribution in [3.8, 4) is 100 Å². The molecule has 2 aliphatic rings. The van der Waals surface area contributed by atoms with Crippen molar-refractivity contribution in [2.45, 2.75) is 0 Å². The van der Waals surface area contributed by atoms with Crippen molar-refractivity contribution >= 4 is 53.9 Å². The lowest BCUT2D eigenvalue weighted by atomic mass is 9.81. The molecule has 0 heterocycles. The van der Waals surface area contributed by atoms with Gasteiger partial charge in [0.25, 0.3) is 0 Å². The molecule has 0 aromatic heterocycles. The maximum absolute atomic E-state index is 2.51. The number of hydrogen-bond acceptors (Lipinski definition) is 0. The molecule has 0 atom stereocenters. The number of hydrogen-bond donors (Lipinski definition) is 0. The molecule has 2 aliphatic carbocycles. The first-order chi connectivity index (χ1) is 33.8. The second-order valence-electron chi connectivity index (χ2n) is 18.6. The first kappa shape index (κ1) is 37.4. The minimum absolute atomic E-state index is 1.21. The standard InChI is InChI=1S/C68H40/c1-5-18-41(19-6-1)60-49-28-13-14-29-50(49)62(43-20-7-2-8-21-43)66-55-33-17-30-51-56-38-46(34-36-48(56)58(65(51)55)40-59(60)66)47-35-37-52-57(39-47)64(45-24-11-4-12-25-45)68-54-32-16-27-42-26-15-31-53(61(42)54)67(68)63(52)44-22-9-3-10-23-44/h1-40H. The zero-order chi connectivity index (χ0) is 44.5. The third kappa shape index (κ3) is 5.20. The molecule has 0 heteroatoms. The lowest BCUT2D eigenvalue weighted by molar-refractivity contribution is 1.61. The van der Waals surface area contributed by atoms with Gasteiger partial charge in [0.2, 0.25) is 0 Å². The van der Waals surface area contributed by atoms with Crippen LogP contribution in [-0.2, 0) is 0 Å². The first-order valence-corrected chi connectivity index (χ1v) is 23.8. The van der Waals surface area contributed by atoms with E-state index < -0.39 is 0 Å². The zero-order valence-electron chi connectivity index (χ0n) is 37.1. The van der Waals surface area contributed by atoms with E-state index in [0.29, 0.717) is 0 Å². The molecule has 0 N–H and O–H groups in total. The van der Waals surface area contributed by atoms with Crippen LogP contribution in [-0.4, -0.2) is 0 Å². The lowest BCUT2D eigenvalue weighted by Crippen LogP contribution is -1.94. The van der Waals surface area contributed by atoms with Crippen molar-refractivity contribution in [2.24, 2.45) is 0 Å². The predicted octanol–water partition coefficient (Wildman–Crippen LogP) is 19.1. The molecule has 0 amide bonds. The van der Waals surface area contributed by atoms with Crippen LogP contribution in [0.2, 0.25) is 0 Å². The summed E-state index contributed by atoms with van der Waals surface area (Å²) in [5.41, 5.74) is 23.0. The molecular formula is C68H40. The van der Waals surface area contributed by atoms with Crippen molar-refractivity contribution in [3.63, 3.8) is 0 Å². The molecular weight excluding hydrogens is 817 g/mol. The van der Waals surface area contributed by atoms with Crippen LogP contribution in [0.4, 0.5) is 0 Å². The Kier molecular flexibility index (Phi) is 7.88. The SMILES string of the molecule is c1ccc(-c2c3c(c(-c4ccccc4)c4cc(-c5ccc6c(c5)-c5cccc7c5c-6cc5c(-c6ccccc6)c6ccccc6c(-c6ccccc6)c57)ccc24)-c2cccc4cccc-3c24)cc1.